The largest absolute Gasteiger partial charge is 0.479 e. The molecule has 1 aromatic rings. The van der Waals surface area contributed by atoms with Crippen LogP contribution in [0.15, 0.2) is 23.2 Å². The summed E-state index contributed by atoms with van der Waals surface area (Å²) >= 11 is 0. The predicted octanol–water partition coefficient (Wildman–Crippen LogP) is 2.14. The van der Waals surface area contributed by atoms with Gasteiger partial charge in [0.15, 0.2) is 29.8 Å². The SMILES string of the molecule is CC(C)OC1(C2=NCCN2)COc2c(F)cccc2O1.Cl. The quantitative estimate of drug-likeness (QED) is 0.928. The number of halogens is 2. The van der Waals surface area contributed by atoms with E-state index in [-0.39, 0.29) is 30.9 Å². The molecule has 0 amide bonds. The summed E-state index contributed by atoms with van der Waals surface area (Å²) in [6.45, 7) is 5.27. The third-order valence-electron chi connectivity index (χ3n) is 3.07. The van der Waals surface area contributed by atoms with Gasteiger partial charge in [-0.05, 0) is 26.0 Å². The van der Waals surface area contributed by atoms with Crippen molar-refractivity contribution in [3.63, 3.8) is 0 Å². The van der Waals surface area contributed by atoms with Crippen LogP contribution in [0.5, 0.6) is 11.5 Å². The van der Waals surface area contributed by atoms with Crippen molar-refractivity contribution in [2.24, 2.45) is 4.99 Å². The number of ether oxygens (including phenoxy) is 3. The number of aliphatic imine (C=N–C) groups is 1. The Bertz CT molecular complexity index is 553. The average molecular weight is 317 g/mol. The average Bonchev–Trinajstić information content (AvgIpc) is 2.92. The number of nitrogens with one attached hydrogen (secondary N) is 1. The minimum atomic E-state index is -1.13. The number of para-hydroxylation sites is 1. The second kappa shape index (κ2) is 6.07. The number of fused-ring (bicyclic) bond motifs is 1. The standard InChI is InChI=1S/C14H17FN2O3.ClH/c1-9(2)19-14(13-16-6-7-17-13)8-18-12-10(15)4-3-5-11(12)20-14;/h3-5,9H,6-8H2,1-2H3,(H,16,17);1H. The molecule has 1 atom stereocenters. The van der Waals surface area contributed by atoms with E-state index in [1.807, 2.05) is 13.8 Å². The van der Waals surface area contributed by atoms with Crippen LogP contribution in [0.3, 0.4) is 0 Å². The number of benzene rings is 1. The highest BCUT2D eigenvalue weighted by Gasteiger charge is 2.47. The second-order valence-corrected chi connectivity index (χ2v) is 5.03. The molecule has 2 aliphatic heterocycles. The molecule has 21 heavy (non-hydrogen) atoms. The lowest BCUT2D eigenvalue weighted by Crippen LogP contribution is -2.58. The smallest absolute Gasteiger partial charge is 0.304 e. The second-order valence-electron chi connectivity index (χ2n) is 5.03. The molecule has 1 N–H and O–H groups in total. The van der Waals surface area contributed by atoms with Gasteiger partial charge in [0, 0.05) is 6.54 Å². The molecule has 7 heteroatoms. The van der Waals surface area contributed by atoms with E-state index in [0.717, 1.165) is 6.54 Å². The van der Waals surface area contributed by atoms with Gasteiger partial charge in [-0.25, -0.2) is 4.39 Å². The van der Waals surface area contributed by atoms with E-state index in [2.05, 4.69) is 10.3 Å². The van der Waals surface area contributed by atoms with E-state index >= 15 is 0 Å². The van der Waals surface area contributed by atoms with E-state index in [4.69, 9.17) is 14.2 Å². The van der Waals surface area contributed by atoms with E-state index < -0.39 is 11.6 Å². The Morgan fingerprint density at radius 2 is 2.24 bits per heavy atom. The minimum Gasteiger partial charge on any atom is -0.479 e. The number of rotatable bonds is 3. The molecular formula is C14H18ClFN2O3. The van der Waals surface area contributed by atoms with E-state index in [0.29, 0.717) is 18.1 Å². The monoisotopic (exact) mass is 316 g/mol. The fourth-order valence-electron chi connectivity index (χ4n) is 2.35. The lowest BCUT2D eigenvalue weighted by molar-refractivity contribution is -0.185. The summed E-state index contributed by atoms with van der Waals surface area (Å²) in [5.74, 6) is -0.531. The van der Waals surface area contributed by atoms with E-state index in [1.165, 1.54) is 6.07 Å². The zero-order valence-electron chi connectivity index (χ0n) is 11.9. The summed E-state index contributed by atoms with van der Waals surface area (Å²) in [7, 11) is 0. The van der Waals surface area contributed by atoms with Crippen molar-refractivity contribution in [1.82, 2.24) is 5.32 Å². The molecule has 0 spiro atoms. The van der Waals surface area contributed by atoms with Crippen molar-refractivity contribution < 1.29 is 18.6 Å². The molecule has 116 valence electrons. The first kappa shape index (κ1) is 15.9. The van der Waals surface area contributed by atoms with Crippen LogP contribution < -0.4 is 14.8 Å². The highest BCUT2D eigenvalue weighted by atomic mass is 35.5. The molecule has 5 nitrogen and oxygen atoms in total. The van der Waals surface area contributed by atoms with E-state index in [1.54, 1.807) is 12.1 Å². The first-order chi connectivity index (χ1) is 9.61. The Balaban J connectivity index is 0.00000161. The third-order valence-corrected chi connectivity index (χ3v) is 3.07. The molecule has 0 saturated heterocycles. The maximum absolute atomic E-state index is 13.7. The van der Waals surface area contributed by atoms with Crippen molar-refractivity contribution in [2.75, 3.05) is 19.7 Å². The lowest BCUT2D eigenvalue weighted by atomic mass is 10.2. The molecule has 0 bridgehead atoms. The van der Waals surface area contributed by atoms with Gasteiger partial charge in [-0.2, -0.15) is 0 Å². The minimum absolute atomic E-state index is 0. The Hall–Kier alpha value is -1.53. The Morgan fingerprint density at radius 1 is 1.43 bits per heavy atom. The summed E-state index contributed by atoms with van der Waals surface area (Å²) in [5.41, 5.74) is 0. The normalized spacial score (nSPS) is 23.3. The van der Waals surface area contributed by atoms with Crippen LogP contribution in [0.4, 0.5) is 4.39 Å². The van der Waals surface area contributed by atoms with Crippen molar-refractivity contribution in [3.8, 4) is 11.5 Å². The molecule has 2 aliphatic rings. The first-order valence-corrected chi connectivity index (χ1v) is 6.68. The summed E-state index contributed by atoms with van der Waals surface area (Å²) < 4.78 is 31.0. The van der Waals surface area contributed by atoms with Gasteiger partial charge in [-0.15, -0.1) is 12.4 Å². The summed E-state index contributed by atoms with van der Waals surface area (Å²) in [6, 6.07) is 4.57. The molecule has 0 aromatic heterocycles. The molecule has 2 heterocycles. The maximum Gasteiger partial charge on any atom is 0.304 e. The van der Waals surface area contributed by atoms with Gasteiger partial charge in [-0.1, -0.05) is 6.07 Å². The van der Waals surface area contributed by atoms with Crippen molar-refractivity contribution in [2.45, 2.75) is 25.7 Å². The predicted molar refractivity (Wildman–Crippen MR) is 79.0 cm³/mol. The van der Waals surface area contributed by atoms with E-state index in [9.17, 15) is 4.39 Å². The van der Waals surface area contributed by atoms with Crippen LogP contribution in [-0.4, -0.2) is 37.4 Å². The van der Waals surface area contributed by atoms with Crippen molar-refractivity contribution >= 4 is 18.2 Å². The maximum atomic E-state index is 13.7. The van der Waals surface area contributed by atoms with Crippen LogP contribution in [0.2, 0.25) is 0 Å². The molecule has 0 saturated carbocycles. The highest BCUT2D eigenvalue weighted by molar-refractivity contribution is 5.91. The highest BCUT2D eigenvalue weighted by Crippen LogP contribution is 2.38. The van der Waals surface area contributed by atoms with Gasteiger partial charge in [0.25, 0.3) is 0 Å². The Morgan fingerprint density at radius 3 is 2.90 bits per heavy atom. The fourth-order valence-corrected chi connectivity index (χ4v) is 2.35. The van der Waals surface area contributed by atoms with Crippen molar-refractivity contribution in [3.05, 3.63) is 24.0 Å². The van der Waals surface area contributed by atoms with Crippen LogP contribution in [-0.2, 0) is 4.74 Å². The van der Waals surface area contributed by atoms with Crippen LogP contribution in [0.1, 0.15) is 13.8 Å². The van der Waals surface area contributed by atoms with Crippen molar-refractivity contribution in [1.29, 1.82) is 0 Å². The van der Waals surface area contributed by atoms with Gasteiger partial charge in [0.1, 0.15) is 0 Å². The summed E-state index contributed by atoms with van der Waals surface area (Å²) in [4.78, 5) is 4.36. The van der Waals surface area contributed by atoms with Gasteiger partial charge < -0.3 is 19.5 Å². The number of amidine groups is 1. The molecule has 0 radical (unpaired) electrons. The molecule has 3 rings (SSSR count). The Labute approximate surface area is 128 Å². The third kappa shape index (κ3) is 2.91. The summed E-state index contributed by atoms with van der Waals surface area (Å²) in [5, 5.41) is 3.14. The molecular weight excluding hydrogens is 299 g/mol. The van der Waals surface area contributed by atoms with Crippen LogP contribution in [0, 0.1) is 5.82 Å². The van der Waals surface area contributed by atoms with Gasteiger partial charge in [-0.3, -0.25) is 4.99 Å². The van der Waals surface area contributed by atoms with Gasteiger partial charge in [0.05, 0.1) is 12.6 Å². The molecule has 0 fully saturated rings. The number of hydrogen-bond acceptors (Lipinski definition) is 5. The number of nitrogens with zero attached hydrogens (tertiary/aromatic N) is 1. The fraction of sp³-hybridized carbons (Fsp3) is 0.500. The zero-order valence-corrected chi connectivity index (χ0v) is 12.7. The summed E-state index contributed by atoms with van der Waals surface area (Å²) in [6.07, 6.45) is -0.0844. The Kier molecular flexibility index (Phi) is 4.58. The van der Waals surface area contributed by atoms with Crippen LogP contribution >= 0.6 is 12.4 Å². The van der Waals surface area contributed by atoms with Gasteiger partial charge >= 0.3 is 5.79 Å². The lowest BCUT2D eigenvalue weighted by Gasteiger charge is -2.38. The van der Waals surface area contributed by atoms with Crippen LogP contribution in [0.25, 0.3) is 0 Å². The zero-order chi connectivity index (χ0) is 14.2. The first-order valence-electron chi connectivity index (χ1n) is 6.68. The topological polar surface area (TPSA) is 52.1 Å². The van der Waals surface area contributed by atoms with Gasteiger partial charge in [0.2, 0.25) is 0 Å². The molecule has 0 aliphatic carbocycles. The molecule has 1 unspecified atom stereocenters. The molecule has 1 aromatic carbocycles. The number of hydrogen-bond donors (Lipinski definition) is 1.